The SMILES string of the molecule is O=C(CC1S/C(=N/N=C/c2cn(Cc3ccccc3)c3ccccc23)NC1=O)Nc1ccccc1. The molecule has 0 radical (unpaired) electrons. The summed E-state index contributed by atoms with van der Waals surface area (Å²) in [7, 11) is 0. The third-order valence-corrected chi connectivity index (χ3v) is 6.64. The van der Waals surface area contributed by atoms with Crippen LogP contribution in [0.15, 0.2) is 101 Å². The van der Waals surface area contributed by atoms with Crippen LogP contribution in [0.4, 0.5) is 5.69 Å². The lowest BCUT2D eigenvalue weighted by atomic mass is 10.2. The molecule has 0 saturated carbocycles. The van der Waals surface area contributed by atoms with Crippen LogP contribution in [0.2, 0.25) is 0 Å². The lowest BCUT2D eigenvalue weighted by Gasteiger charge is -2.06. The van der Waals surface area contributed by atoms with Crippen LogP contribution in [0.3, 0.4) is 0 Å². The third-order valence-electron chi connectivity index (χ3n) is 5.57. The maximum absolute atomic E-state index is 12.3. The van der Waals surface area contributed by atoms with Crippen LogP contribution in [0, 0.1) is 0 Å². The van der Waals surface area contributed by atoms with Crippen LogP contribution >= 0.6 is 11.8 Å². The molecule has 4 aromatic rings. The molecule has 0 bridgehead atoms. The van der Waals surface area contributed by atoms with Crippen molar-refractivity contribution in [3.8, 4) is 0 Å². The normalized spacial score (nSPS) is 16.7. The van der Waals surface area contributed by atoms with E-state index in [0.717, 1.165) is 23.0 Å². The molecule has 1 unspecified atom stereocenters. The van der Waals surface area contributed by atoms with Crippen molar-refractivity contribution in [3.05, 3.63) is 102 Å². The number of rotatable bonds is 7. The third kappa shape index (κ3) is 5.50. The number of para-hydroxylation sites is 2. The van der Waals surface area contributed by atoms with Crippen LogP contribution in [-0.4, -0.2) is 33.0 Å². The number of hydrogen-bond acceptors (Lipinski definition) is 5. The highest BCUT2D eigenvalue weighted by atomic mass is 32.2. The van der Waals surface area contributed by atoms with Crippen molar-refractivity contribution in [3.63, 3.8) is 0 Å². The molecule has 8 heteroatoms. The number of anilines is 1. The molecule has 1 fully saturated rings. The van der Waals surface area contributed by atoms with Gasteiger partial charge in [-0.15, -0.1) is 5.10 Å². The Labute approximate surface area is 207 Å². The van der Waals surface area contributed by atoms with Gasteiger partial charge in [0.1, 0.15) is 5.25 Å². The van der Waals surface area contributed by atoms with E-state index in [1.54, 1.807) is 18.3 Å². The Hall–Kier alpha value is -4.17. The molecule has 5 rings (SSSR count). The van der Waals surface area contributed by atoms with E-state index in [1.807, 2.05) is 48.5 Å². The minimum absolute atomic E-state index is 0.0566. The highest BCUT2D eigenvalue weighted by Crippen LogP contribution is 2.24. The highest BCUT2D eigenvalue weighted by molar-refractivity contribution is 8.15. The number of hydrogen-bond donors (Lipinski definition) is 2. The molecule has 1 aliphatic heterocycles. The monoisotopic (exact) mass is 481 g/mol. The van der Waals surface area contributed by atoms with Gasteiger partial charge in [-0.25, -0.2) is 0 Å². The van der Waals surface area contributed by atoms with Gasteiger partial charge in [-0.3, -0.25) is 9.59 Å². The number of aromatic nitrogens is 1. The Bertz CT molecular complexity index is 1410. The maximum Gasteiger partial charge on any atom is 0.240 e. The Morgan fingerprint density at radius 3 is 2.51 bits per heavy atom. The fraction of sp³-hybridized carbons (Fsp3) is 0.111. The number of carbonyl (C=O) groups is 2. The van der Waals surface area contributed by atoms with E-state index >= 15 is 0 Å². The van der Waals surface area contributed by atoms with Gasteiger partial charge >= 0.3 is 0 Å². The van der Waals surface area contributed by atoms with Crippen molar-refractivity contribution in [2.24, 2.45) is 10.2 Å². The molecule has 1 aromatic heterocycles. The van der Waals surface area contributed by atoms with Gasteiger partial charge in [0.25, 0.3) is 0 Å². The van der Waals surface area contributed by atoms with Crippen molar-refractivity contribution < 1.29 is 9.59 Å². The largest absolute Gasteiger partial charge is 0.342 e. The number of carbonyl (C=O) groups excluding carboxylic acids is 2. The second-order valence-corrected chi connectivity index (χ2v) is 9.27. The standard InChI is InChI=1S/C27H23N5O2S/c33-25(29-21-11-5-2-6-12-21)15-24-26(34)30-27(35-24)31-28-16-20-18-32(17-19-9-3-1-4-10-19)23-14-8-7-13-22(20)23/h1-14,16,18,24H,15,17H2,(H,29,33)(H,30,31,34)/b28-16+. The lowest BCUT2D eigenvalue weighted by molar-refractivity contribution is -0.122. The Balaban J connectivity index is 1.26. The number of thioether (sulfide) groups is 1. The van der Waals surface area contributed by atoms with Crippen molar-refractivity contribution in [2.75, 3.05) is 5.32 Å². The molecule has 0 spiro atoms. The van der Waals surface area contributed by atoms with Crippen LogP contribution in [0.5, 0.6) is 0 Å². The van der Waals surface area contributed by atoms with E-state index in [-0.39, 0.29) is 18.2 Å². The average Bonchev–Trinajstić information content (AvgIpc) is 3.40. The first-order chi connectivity index (χ1) is 17.2. The molecule has 35 heavy (non-hydrogen) atoms. The second-order valence-electron chi connectivity index (χ2n) is 8.08. The molecule has 1 aliphatic rings. The first kappa shape index (κ1) is 22.6. The molecular formula is C27H23N5O2S. The van der Waals surface area contributed by atoms with Gasteiger partial charge in [-0.2, -0.15) is 5.10 Å². The van der Waals surface area contributed by atoms with Gasteiger partial charge < -0.3 is 15.2 Å². The van der Waals surface area contributed by atoms with Gasteiger partial charge in [0, 0.05) is 41.3 Å². The Kier molecular flexibility index (Phi) is 6.72. The molecule has 1 atom stereocenters. The summed E-state index contributed by atoms with van der Waals surface area (Å²) >= 11 is 1.21. The van der Waals surface area contributed by atoms with E-state index in [0.29, 0.717) is 10.9 Å². The van der Waals surface area contributed by atoms with E-state index < -0.39 is 5.25 Å². The average molecular weight is 482 g/mol. The first-order valence-electron chi connectivity index (χ1n) is 11.2. The predicted molar refractivity (Wildman–Crippen MR) is 142 cm³/mol. The van der Waals surface area contributed by atoms with Gasteiger partial charge in [-0.1, -0.05) is 78.5 Å². The van der Waals surface area contributed by atoms with Gasteiger partial charge in [0.05, 0.1) is 6.21 Å². The van der Waals surface area contributed by atoms with Crippen molar-refractivity contribution in [2.45, 2.75) is 18.2 Å². The van der Waals surface area contributed by atoms with E-state index in [9.17, 15) is 9.59 Å². The molecule has 2 heterocycles. The Morgan fingerprint density at radius 2 is 1.71 bits per heavy atom. The number of nitrogens with zero attached hydrogens (tertiary/aromatic N) is 3. The second kappa shape index (κ2) is 10.4. The topological polar surface area (TPSA) is 87.8 Å². The fourth-order valence-electron chi connectivity index (χ4n) is 3.92. The number of amides is 2. The van der Waals surface area contributed by atoms with Gasteiger partial charge in [0.15, 0.2) is 5.17 Å². The summed E-state index contributed by atoms with van der Waals surface area (Å²) in [5.74, 6) is -0.466. The first-order valence-corrected chi connectivity index (χ1v) is 12.1. The summed E-state index contributed by atoms with van der Waals surface area (Å²) in [6.45, 7) is 0.752. The van der Waals surface area contributed by atoms with E-state index in [4.69, 9.17) is 0 Å². The van der Waals surface area contributed by atoms with Crippen LogP contribution in [0.1, 0.15) is 17.5 Å². The number of fused-ring (bicyclic) bond motifs is 1. The van der Waals surface area contributed by atoms with Gasteiger partial charge in [0.2, 0.25) is 11.8 Å². The summed E-state index contributed by atoms with van der Waals surface area (Å²) in [5.41, 5.74) is 3.96. The quantitative estimate of drug-likeness (QED) is 0.298. The van der Waals surface area contributed by atoms with Crippen molar-refractivity contribution in [1.82, 2.24) is 9.88 Å². The minimum atomic E-state index is -0.541. The summed E-state index contributed by atoms with van der Waals surface area (Å²) in [6, 6.07) is 27.6. The van der Waals surface area contributed by atoms with E-state index in [2.05, 4.69) is 55.9 Å². The Morgan fingerprint density at radius 1 is 1.00 bits per heavy atom. The van der Waals surface area contributed by atoms with Crippen LogP contribution in [0.25, 0.3) is 10.9 Å². The highest BCUT2D eigenvalue weighted by Gasteiger charge is 2.32. The zero-order valence-corrected chi connectivity index (χ0v) is 19.6. The summed E-state index contributed by atoms with van der Waals surface area (Å²) < 4.78 is 2.19. The van der Waals surface area contributed by atoms with Crippen LogP contribution < -0.4 is 10.6 Å². The number of benzene rings is 3. The summed E-state index contributed by atoms with van der Waals surface area (Å²) in [6.07, 6.45) is 3.80. The molecule has 174 valence electrons. The minimum Gasteiger partial charge on any atom is -0.342 e. The molecule has 3 aromatic carbocycles. The number of amidine groups is 1. The summed E-state index contributed by atoms with van der Waals surface area (Å²) in [4.78, 5) is 24.6. The molecular weight excluding hydrogens is 458 g/mol. The fourth-order valence-corrected chi connectivity index (χ4v) is 4.84. The van der Waals surface area contributed by atoms with Crippen molar-refractivity contribution in [1.29, 1.82) is 0 Å². The molecule has 7 nitrogen and oxygen atoms in total. The van der Waals surface area contributed by atoms with Crippen molar-refractivity contribution >= 4 is 51.5 Å². The molecule has 1 saturated heterocycles. The predicted octanol–water partition coefficient (Wildman–Crippen LogP) is 4.64. The zero-order chi connectivity index (χ0) is 24.0. The maximum atomic E-state index is 12.3. The van der Waals surface area contributed by atoms with Crippen LogP contribution in [-0.2, 0) is 16.1 Å². The number of nitrogens with one attached hydrogen (secondary N) is 2. The smallest absolute Gasteiger partial charge is 0.240 e. The molecule has 2 amide bonds. The summed E-state index contributed by atoms with van der Waals surface area (Å²) in [5, 5.41) is 14.8. The molecule has 2 N–H and O–H groups in total. The zero-order valence-electron chi connectivity index (χ0n) is 18.8. The van der Waals surface area contributed by atoms with Gasteiger partial charge in [-0.05, 0) is 23.8 Å². The lowest BCUT2D eigenvalue weighted by Crippen LogP contribution is -2.28. The molecule has 0 aliphatic carbocycles. The van der Waals surface area contributed by atoms with E-state index in [1.165, 1.54) is 17.3 Å².